The first kappa shape index (κ1) is 32.6. The maximum Gasteiger partial charge on any atom is 0.183 e. The molecule has 5 aliphatic rings. The highest BCUT2D eigenvalue weighted by Crippen LogP contribution is 2.51. The van der Waals surface area contributed by atoms with E-state index in [1.54, 1.807) is 18.2 Å². The maximum atomic E-state index is 12.6. The van der Waals surface area contributed by atoms with Crippen LogP contribution in [0.5, 0.6) is 11.5 Å². The lowest BCUT2D eigenvalue weighted by Gasteiger charge is -2.40. The molecule has 2 aromatic carbocycles. The Labute approximate surface area is 282 Å². The zero-order valence-electron chi connectivity index (χ0n) is 27.6. The van der Waals surface area contributed by atoms with Gasteiger partial charge in [-0.1, -0.05) is 56.2 Å². The Kier molecular flexibility index (Phi) is 9.43. The summed E-state index contributed by atoms with van der Waals surface area (Å²) in [5, 5.41) is 36.0. The van der Waals surface area contributed by atoms with E-state index in [-0.39, 0.29) is 36.5 Å². The number of phenols is 1. The fourth-order valence-electron chi connectivity index (χ4n) is 8.05. The fraction of sp³-hybridized carbons (Fsp3) is 0.487. The minimum atomic E-state index is -0.971. The Morgan fingerprint density at radius 2 is 2.04 bits per heavy atom. The molecule has 48 heavy (non-hydrogen) atoms. The van der Waals surface area contributed by atoms with E-state index >= 15 is 0 Å². The summed E-state index contributed by atoms with van der Waals surface area (Å²) >= 11 is 0. The monoisotopic (exact) mass is 650 g/mol. The normalized spacial score (nSPS) is 25.8. The molecule has 0 saturated carbocycles. The number of nitrogens with two attached hydrogens (primary N) is 1. The number of benzene rings is 2. The number of nitrogens with one attached hydrogen (secondary N) is 1. The number of nitrogens with zero attached hydrogens (tertiary/aromatic N) is 2. The van der Waals surface area contributed by atoms with Crippen LogP contribution in [0.25, 0.3) is 0 Å². The summed E-state index contributed by atoms with van der Waals surface area (Å²) in [5.74, 6) is 7.07. The third-order valence-corrected chi connectivity index (χ3v) is 10.6. The molecule has 6 N–H and O–H groups in total. The van der Waals surface area contributed by atoms with E-state index < -0.39 is 18.4 Å². The molecule has 4 aliphatic heterocycles. The fourth-order valence-corrected chi connectivity index (χ4v) is 8.05. The smallest absolute Gasteiger partial charge is 0.183 e. The first-order valence-electron chi connectivity index (χ1n) is 17.6. The number of carbonyl (C=O) groups excluding carboxylic acids is 1. The lowest BCUT2D eigenvalue weighted by Crippen LogP contribution is -2.40. The first-order chi connectivity index (χ1) is 23.3. The van der Waals surface area contributed by atoms with Crippen molar-refractivity contribution in [2.45, 2.75) is 108 Å². The number of aliphatic imine (C=N–C) groups is 1. The molecule has 9 heteroatoms. The number of aromatic hydroxyl groups is 1. The molecule has 0 radical (unpaired) electrons. The second-order valence-corrected chi connectivity index (χ2v) is 13.9. The quantitative estimate of drug-likeness (QED) is 0.167. The van der Waals surface area contributed by atoms with Crippen molar-refractivity contribution in [3.8, 4) is 23.3 Å². The molecule has 0 unspecified atom stereocenters. The van der Waals surface area contributed by atoms with Crippen molar-refractivity contribution in [2.24, 2.45) is 10.7 Å². The van der Waals surface area contributed by atoms with Crippen LogP contribution in [-0.2, 0) is 11.2 Å². The molecule has 252 valence electrons. The van der Waals surface area contributed by atoms with Gasteiger partial charge in [-0.2, -0.15) is 0 Å². The van der Waals surface area contributed by atoms with Crippen molar-refractivity contribution in [1.82, 2.24) is 10.2 Å². The van der Waals surface area contributed by atoms with E-state index in [4.69, 9.17) is 15.5 Å². The number of aliphatic hydroxyl groups is 2. The van der Waals surface area contributed by atoms with Gasteiger partial charge in [-0.25, -0.2) is 0 Å². The molecule has 4 heterocycles. The average molecular weight is 651 g/mol. The number of carbonyl (C=O) groups is 1. The van der Waals surface area contributed by atoms with Crippen LogP contribution in [0.3, 0.4) is 0 Å². The molecular formula is C39H46N4O5. The van der Waals surface area contributed by atoms with Crippen LogP contribution in [0.1, 0.15) is 117 Å². The largest absolute Gasteiger partial charge is 0.504 e. The van der Waals surface area contributed by atoms with Gasteiger partial charge in [0.15, 0.2) is 17.7 Å². The van der Waals surface area contributed by atoms with Crippen molar-refractivity contribution in [3.63, 3.8) is 0 Å². The van der Waals surface area contributed by atoms with Gasteiger partial charge in [-0.15, -0.1) is 0 Å². The van der Waals surface area contributed by atoms with Crippen molar-refractivity contribution in [2.75, 3.05) is 13.1 Å². The zero-order valence-corrected chi connectivity index (χ0v) is 27.6. The molecule has 0 fully saturated rings. The number of hydrogen-bond donors (Lipinski definition) is 5. The van der Waals surface area contributed by atoms with Gasteiger partial charge in [-0.05, 0) is 77.1 Å². The van der Waals surface area contributed by atoms with Crippen LogP contribution in [0, 0.1) is 11.8 Å². The summed E-state index contributed by atoms with van der Waals surface area (Å²) in [6, 6.07) is 9.21. The molecule has 9 nitrogen and oxygen atoms in total. The van der Waals surface area contributed by atoms with E-state index in [2.05, 4.69) is 29.0 Å². The second kappa shape index (κ2) is 13.9. The molecule has 0 spiro atoms. The summed E-state index contributed by atoms with van der Waals surface area (Å²) in [5.41, 5.74) is 15.0. The summed E-state index contributed by atoms with van der Waals surface area (Å²) in [6.07, 6.45) is 8.58. The number of ether oxygens (including phenoxy) is 1. The minimum absolute atomic E-state index is 0.00339. The Bertz CT molecular complexity index is 1740. The molecule has 7 rings (SSSR count). The second-order valence-electron chi connectivity index (χ2n) is 13.9. The highest BCUT2D eigenvalue weighted by molar-refractivity contribution is 5.89. The van der Waals surface area contributed by atoms with Crippen LogP contribution in [0.15, 0.2) is 58.4 Å². The van der Waals surface area contributed by atoms with Crippen molar-refractivity contribution >= 4 is 12.0 Å². The number of phenolic OH excluding ortho intramolecular Hbond substituents is 1. The van der Waals surface area contributed by atoms with Gasteiger partial charge in [0, 0.05) is 49.8 Å². The number of aryl methyl sites for hydroxylation is 1. The zero-order chi connectivity index (χ0) is 33.4. The number of Topliss-reactive ketones (excluding diaryl/α,β-unsaturated/α-hetero) is 1. The number of hydrogen-bond acceptors (Lipinski definition) is 9. The van der Waals surface area contributed by atoms with Gasteiger partial charge >= 0.3 is 0 Å². The van der Waals surface area contributed by atoms with Crippen molar-refractivity contribution < 1.29 is 24.9 Å². The summed E-state index contributed by atoms with van der Waals surface area (Å²) in [7, 11) is 0. The standard InChI is InChI=1S/C39H46N4O5/c1-2-3-4-6-25(44)18-26(45)12-9-23-10-16-34(47)35(17-23)48-36-8-5-7-33(46)28-14-15-29-37-24(19-42-39(29)40)11-13-27(38(28)37)30-20-41-32-22-43(36)21-31(30)32/h10,14-17,20,22,24-25,27,33,36,39,42,44,46-47H,2-4,6,8-9,11-13,18-19,21,40H2,1H3/t24-,25-,27+,33+,36+,39-/m1/s1. The molecule has 6 atom stereocenters. The summed E-state index contributed by atoms with van der Waals surface area (Å²) in [6.45, 7) is 3.54. The van der Waals surface area contributed by atoms with Gasteiger partial charge in [-0.3, -0.25) is 15.1 Å². The van der Waals surface area contributed by atoms with Gasteiger partial charge in [0.1, 0.15) is 11.9 Å². The van der Waals surface area contributed by atoms with Gasteiger partial charge in [0.2, 0.25) is 0 Å². The number of unbranched alkanes of at least 4 members (excludes halogenated alkanes) is 2. The number of fused-ring (bicyclic) bond motifs is 2. The van der Waals surface area contributed by atoms with Crippen LogP contribution in [-0.4, -0.2) is 57.6 Å². The van der Waals surface area contributed by atoms with Gasteiger partial charge < -0.3 is 30.7 Å². The predicted molar refractivity (Wildman–Crippen MR) is 184 cm³/mol. The highest BCUT2D eigenvalue weighted by Gasteiger charge is 2.40. The third kappa shape index (κ3) is 6.42. The number of rotatable bonds is 11. The Morgan fingerprint density at radius 3 is 2.90 bits per heavy atom. The lowest BCUT2D eigenvalue weighted by molar-refractivity contribution is -0.121. The average Bonchev–Trinajstić information content (AvgIpc) is 3.67. The van der Waals surface area contributed by atoms with Crippen molar-refractivity contribution in [1.29, 1.82) is 0 Å². The molecule has 2 bridgehead atoms. The van der Waals surface area contributed by atoms with Gasteiger partial charge in [0.05, 0.1) is 24.4 Å². The molecule has 0 saturated heterocycles. The minimum Gasteiger partial charge on any atom is -0.504 e. The van der Waals surface area contributed by atoms with E-state index in [9.17, 15) is 20.1 Å². The summed E-state index contributed by atoms with van der Waals surface area (Å²) in [4.78, 5) is 19.5. The van der Waals surface area contributed by atoms with Crippen LogP contribution in [0.2, 0.25) is 0 Å². The lowest BCUT2D eigenvalue weighted by atomic mass is 9.68. The molecule has 0 amide bonds. The molecule has 2 aromatic rings. The first-order valence-corrected chi connectivity index (χ1v) is 17.6. The van der Waals surface area contributed by atoms with Crippen LogP contribution in [0.4, 0.5) is 0 Å². The SMILES string of the molecule is CCCCC[C@@H](O)CC(=O)CCc1ccc(O)c(O[C@H]2CC#C[C@H](O)c3ccc4c5c3[C@@H](CC[C@@H]5CN[C@H]4N)C3=C4CN2C=C4N=C3)c1. The van der Waals surface area contributed by atoms with E-state index in [1.807, 2.05) is 24.5 Å². The predicted octanol–water partition coefficient (Wildman–Crippen LogP) is 5.13. The number of aliphatic hydroxyl groups excluding tert-OH is 2. The summed E-state index contributed by atoms with van der Waals surface area (Å²) < 4.78 is 6.47. The topological polar surface area (TPSA) is 141 Å². The number of allylic oxidation sites excluding steroid dienone is 1. The Morgan fingerprint density at radius 1 is 1.19 bits per heavy atom. The maximum absolute atomic E-state index is 12.6. The molecular weight excluding hydrogens is 604 g/mol. The van der Waals surface area contributed by atoms with Crippen molar-refractivity contribution in [3.05, 3.63) is 81.2 Å². The third-order valence-electron chi connectivity index (χ3n) is 10.6. The van der Waals surface area contributed by atoms with E-state index in [0.717, 1.165) is 72.2 Å². The molecule has 1 aliphatic carbocycles. The van der Waals surface area contributed by atoms with E-state index in [1.165, 1.54) is 11.1 Å². The Balaban J connectivity index is 1.13. The van der Waals surface area contributed by atoms with Crippen LogP contribution >= 0.6 is 0 Å². The van der Waals surface area contributed by atoms with Crippen LogP contribution < -0.4 is 15.8 Å². The highest BCUT2D eigenvalue weighted by atomic mass is 16.5. The van der Waals surface area contributed by atoms with Gasteiger partial charge in [0.25, 0.3) is 0 Å². The molecule has 0 aromatic heterocycles. The Hall–Kier alpha value is -3.94. The van der Waals surface area contributed by atoms with E-state index in [0.29, 0.717) is 37.5 Å². The number of ketones is 1.